The van der Waals surface area contributed by atoms with Crippen molar-refractivity contribution in [2.45, 2.75) is 105 Å². The molecule has 0 spiro atoms. The maximum absolute atomic E-state index is 6.91. The van der Waals surface area contributed by atoms with Gasteiger partial charge in [0.2, 0.25) is 0 Å². The van der Waals surface area contributed by atoms with Crippen LogP contribution in [0.5, 0.6) is 0 Å². The molecule has 0 bridgehead atoms. The van der Waals surface area contributed by atoms with Crippen molar-refractivity contribution >= 4 is 17.6 Å². The van der Waals surface area contributed by atoms with Gasteiger partial charge in [0.05, 0.1) is 0 Å². The fourth-order valence-corrected chi connectivity index (χ4v) is 3.04. The molecule has 0 heterocycles. The number of rotatable bonds is 14. The van der Waals surface area contributed by atoms with E-state index in [-0.39, 0.29) is 6.13 Å². The third kappa shape index (κ3) is 10.5. The first-order chi connectivity index (χ1) is 10.7. The van der Waals surface area contributed by atoms with Gasteiger partial charge in [-0.05, 0) is 25.7 Å². The summed E-state index contributed by atoms with van der Waals surface area (Å²) in [4.78, 5) is 0. The van der Waals surface area contributed by atoms with Crippen LogP contribution in [-0.2, 0) is 0 Å². The summed E-state index contributed by atoms with van der Waals surface area (Å²) >= 11 is 6.91. The molecule has 0 unspecified atom stereocenters. The third-order valence-corrected chi connectivity index (χ3v) is 4.78. The molecule has 0 saturated heterocycles. The molecule has 0 aromatic rings. The summed E-state index contributed by atoms with van der Waals surface area (Å²) in [5.41, 5.74) is 2.96. The summed E-state index contributed by atoms with van der Waals surface area (Å²) in [5, 5.41) is 0. The standard InChI is InChI=1S/C20H38BCl/c1-5-9-13-17-19(15-11-7-3)21(22)20(16-12-8-4)18-14-10-6-2/h17-18H,5-16H2,1-4H3/b19-17+,20-18+. The Bertz CT molecular complexity index is 277. The number of hydrogen-bond acceptors (Lipinski definition) is 0. The Labute approximate surface area is 145 Å². The predicted octanol–water partition coefficient (Wildman–Crippen LogP) is 7.91. The molecule has 2 heteroatoms. The van der Waals surface area contributed by atoms with Crippen LogP contribution in [0.2, 0.25) is 0 Å². The summed E-state index contributed by atoms with van der Waals surface area (Å²) < 4.78 is 0. The van der Waals surface area contributed by atoms with Crippen molar-refractivity contribution in [2.75, 3.05) is 0 Å². The van der Waals surface area contributed by atoms with E-state index in [4.69, 9.17) is 11.5 Å². The molecule has 22 heavy (non-hydrogen) atoms. The second-order valence-electron chi connectivity index (χ2n) is 6.41. The minimum atomic E-state index is 0.145. The minimum absolute atomic E-state index is 0.145. The first-order valence-electron chi connectivity index (χ1n) is 9.72. The van der Waals surface area contributed by atoms with E-state index in [2.05, 4.69) is 39.8 Å². The van der Waals surface area contributed by atoms with Gasteiger partial charge in [0.1, 0.15) is 0 Å². The van der Waals surface area contributed by atoms with Crippen LogP contribution < -0.4 is 0 Å². The van der Waals surface area contributed by atoms with Gasteiger partial charge in [0, 0.05) is 0 Å². The molecule has 0 radical (unpaired) electrons. The molecule has 0 rings (SSSR count). The van der Waals surface area contributed by atoms with E-state index in [0.29, 0.717) is 0 Å². The van der Waals surface area contributed by atoms with Gasteiger partial charge in [-0.2, -0.15) is 11.5 Å². The van der Waals surface area contributed by atoms with Gasteiger partial charge in [-0.1, -0.05) is 102 Å². The molecule has 0 amide bonds. The number of allylic oxidation sites excluding steroid dienone is 4. The minimum Gasteiger partial charge on any atom is -0.183 e. The predicted molar refractivity (Wildman–Crippen MR) is 106 cm³/mol. The molecule has 0 fully saturated rings. The van der Waals surface area contributed by atoms with Crippen LogP contribution in [0.4, 0.5) is 0 Å². The second-order valence-corrected chi connectivity index (χ2v) is 6.85. The number of hydrogen-bond donors (Lipinski definition) is 0. The van der Waals surface area contributed by atoms with Crippen LogP contribution in [-0.4, -0.2) is 6.13 Å². The molecule has 0 atom stereocenters. The average Bonchev–Trinajstić information content (AvgIpc) is 2.53. The van der Waals surface area contributed by atoms with Gasteiger partial charge in [-0.25, -0.2) is 0 Å². The molecule has 0 aliphatic heterocycles. The maximum Gasteiger partial charge on any atom is 0.306 e. The highest BCUT2D eigenvalue weighted by atomic mass is 35.5. The molecule has 0 nitrogen and oxygen atoms in total. The Kier molecular flexibility index (Phi) is 15.6. The van der Waals surface area contributed by atoms with Crippen molar-refractivity contribution in [2.24, 2.45) is 0 Å². The summed E-state index contributed by atoms with van der Waals surface area (Å²) in [6, 6.07) is 0. The van der Waals surface area contributed by atoms with Gasteiger partial charge >= 0.3 is 6.13 Å². The molecule has 0 aliphatic rings. The normalized spacial score (nSPS) is 12.8. The van der Waals surface area contributed by atoms with E-state index in [1.54, 1.807) is 0 Å². The number of halogens is 1. The van der Waals surface area contributed by atoms with Gasteiger partial charge in [0.15, 0.2) is 0 Å². The van der Waals surface area contributed by atoms with Crippen molar-refractivity contribution in [3.8, 4) is 0 Å². The summed E-state index contributed by atoms with van der Waals surface area (Å²) in [7, 11) is 0. The highest BCUT2D eigenvalue weighted by Gasteiger charge is 2.20. The average molecular weight is 325 g/mol. The van der Waals surface area contributed by atoms with E-state index >= 15 is 0 Å². The molecule has 128 valence electrons. The molecule has 0 aromatic heterocycles. The van der Waals surface area contributed by atoms with Crippen molar-refractivity contribution in [1.82, 2.24) is 0 Å². The largest absolute Gasteiger partial charge is 0.306 e. The van der Waals surface area contributed by atoms with Crippen molar-refractivity contribution < 1.29 is 0 Å². The summed E-state index contributed by atoms with van der Waals surface area (Å²) in [6.45, 7) is 9.05. The Morgan fingerprint density at radius 2 is 1.05 bits per heavy atom. The zero-order chi connectivity index (χ0) is 16.6. The van der Waals surface area contributed by atoms with Gasteiger partial charge < -0.3 is 0 Å². The van der Waals surface area contributed by atoms with E-state index in [0.717, 1.165) is 0 Å². The van der Waals surface area contributed by atoms with Gasteiger partial charge in [-0.15, -0.1) is 0 Å². The van der Waals surface area contributed by atoms with E-state index in [1.807, 2.05) is 0 Å². The van der Waals surface area contributed by atoms with Gasteiger partial charge in [-0.3, -0.25) is 0 Å². The molecule has 0 N–H and O–H groups in total. The molecular weight excluding hydrogens is 286 g/mol. The fourth-order valence-electron chi connectivity index (χ4n) is 2.65. The topological polar surface area (TPSA) is 0 Å². The number of unbranched alkanes of at least 4 members (excludes halogenated alkanes) is 6. The lowest BCUT2D eigenvalue weighted by molar-refractivity contribution is 0.777. The Morgan fingerprint density at radius 1 is 0.682 bits per heavy atom. The molecular formula is C20H38BCl. The SMILES string of the molecule is CCCC/C=C(\CCCC)B(Cl)/C(=C/CCCC)CCCC. The van der Waals surface area contributed by atoms with Crippen LogP contribution in [0.1, 0.15) is 105 Å². The first kappa shape index (κ1) is 21.8. The smallest absolute Gasteiger partial charge is 0.183 e. The van der Waals surface area contributed by atoms with Crippen LogP contribution in [0.25, 0.3) is 0 Å². The van der Waals surface area contributed by atoms with Crippen LogP contribution >= 0.6 is 11.5 Å². The highest BCUT2D eigenvalue weighted by molar-refractivity contribution is 7.14. The highest BCUT2D eigenvalue weighted by Crippen LogP contribution is 2.25. The van der Waals surface area contributed by atoms with E-state index in [9.17, 15) is 0 Å². The summed E-state index contributed by atoms with van der Waals surface area (Å²) in [6.07, 6.45) is 19.9. The lowest BCUT2D eigenvalue weighted by Gasteiger charge is -2.16. The zero-order valence-electron chi connectivity index (χ0n) is 15.6. The fraction of sp³-hybridized carbons (Fsp3) is 0.800. The lowest BCUT2D eigenvalue weighted by Crippen LogP contribution is -2.14. The molecule has 0 aromatic carbocycles. The monoisotopic (exact) mass is 324 g/mol. The first-order valence-corrected chi connectivity index (χ1v) is 10.2. The van der Waals surface area contributed by atoms with Crippen LogP contribution in [0.3, 0.4) is 0 Å². The van der Waals surface area contributed by atoms with E-state index < -0.39 is 0 Å². The molecule has 0 saturated carbocycles. The van der Waals surface area contributed by atoms with Crippen LogP contribution in [0.15, 0.2) is 23.1 Å². The zero-order valence-corrected chi connectivity index (χ0v) is 16.4. The molecule has 0 aliphatic carbocycles. The van der Waals surface area contributed by atoms with Crippen molar-refractivity contribution in [1.29, 1.82) is 0 Å². The Hall–Kier alpha value is -0.165. The van der Waals surface area contributed by atoms with Gasteiger partial charge in [0.25, 0.3) is 0 Å². The third-order valence-electron chi connectivity index (χ3n) is 4.22. The second kappa shape index (κ2) is 15.7. The van der Waals surface area contributed by atoms with Crippen molar-refractivity contribution in [3.05, 3.63) is 23.1 Å². The maximum atomic E-state index is 6.91. The lowest BCUT2D eigenvalue weighted by atomic mass is 9.57. The van der Waals surface area contributed by atoms with Crippen molar-refractivity contribution in [3.63, 3.8) is 0 Å². The van der Waals surface area contributed by atoms with E-state index in [1.165, 1.54) is 88.0 Å². The quantitative estimate of drug-likeness (QED) is 0.225. The Balaban J connectivity index is 4.91. The Morgan fingerprint density at radius 3 is 1.36 bits per heavy atom. The summed E-state index contributed by atoms with van der Waals surface area (Å²) in [5.74, 6) is 0. The van der Waals surface area contributed by atoms with Crippen LogP contribution in [0, 0.1) is 0 Å².